The number of hydrogen-bond donors (Lipinski definition) is 4. The highest BCUT2D eigenvalue weighted by molar-refractivity contribution is 7.13. The molecule has 3 aromatic rings. The number of thiazole rings is 1. The molecule has 2 aliphatic rings. The van der Waals surface area contributed by atoms with Gasteiger partial charge < -0.3 is 25.6 Å². The number of carboxylic acid groups (broad SMARTS) is 1. The van der Waals surface area contributed by atoms with E-state index in [9.17, 15) is 19.5 Å². The van der Waals surface area contributed by atoms with Crippen LogP contribution in [0.2, 0.25) is 5.02 Å². The molecular weight excluding hydrogens is 502 g/mol. The molecule has 4 N–H and O–H groups in total. The van der Waals surface area contributed by atoms with Crippen molar-refractivity contribution in [1.29, 1.82) is 0 Å². The third kappa shape index (κ3) is 4.85. The molecule has 190 valence electrons. The van der Waals surface area contributed by atoms with Crippen molar-refractivity contribution in [1.82, 2.24) is 25.5 Å². The van der Waals surface area contributed by atoms with Gasteiger partial charge in [-0.15, -0.1) is 11.3 Å². The van der Waals surface area contributed by atoms with E-state index in [1.54, 1.807) is 25.1 Å². The first kappa shape index (κ1) is 24.7. The summed E-state index contributed by atoms with van der Waals surface area (Å²) in [5, 5.41) is 17.6. The molecule has 9 nitrogen and oxygen atoms in total. The number of nitrogens with one attached hydrogen (secondary N) is 3. The minimum absolute atomic E-state index is 0.204. The summed E-state index contributed by atoms with van der Waals surface area (Å²) in [5.74, 6) is -1.57. The number of aromatic nitrogens is 2. The van der Waals surface area contributed by atoms with E-state index in [0.29, 0.717) is 28.6 Å². The second kappa shape index (κ2) is 9.49. The van der Waals surface area contributed by atoms with Gasteiger partial charge in [0.25, 0.3) is 11.8 Å². The summed E-state index contributed by atoms with van der Waals surface area (Å²) in [5.41, 5.74) is 1.11. The number of halogens is 1. The smallest absolute Gasteiger partial charge is 0.309 e. The zero-order valence-electron chi connectivity index (χ0n) is 20.1. The number of benzene rings is 1. The van der Waals surface area contributed by atoms with Crippen LogP contribution in [0.3, 0.4) is 0 Å². The summed E-state index contributed by atoms with van der Waals surface area (Å²) in [6, 6.07) is 6.07. The summed E-state index contributed by atoms with van der Waals surface area (Å²) < 4.78 is 0. The first-order valence-electron chi connectivity index (χ1n) is 11.9. The molecular formula is C25H28ClN5O4S. The van der Waals surface area contributed by atoms with Crippen LogP contribution in [0.1, 0.15) is 57.0 Å². The lowest BCUT2D eigenvalue weighted by Crippen LogP contribution is -2.57. The number of rotatable bonds is 5. The number of fused-ring (bicyclic) bond motifs is 2. The molecule has 1 aromatic carbocycles. The second-order valence-corrected chi connectivity index (χ2v) is 11.6. The molecule has 11 heteroatoms. The number of amides is 2. The fourth-order valence-electron chi connectivity index (χ4n) is 5.05. The summed E-state index contributed by atoms with van der Waals surface area (Å²) in [4.78, 5) is 49.2. The summed E-state index contributed by atoms with van der Waals surface area (Å²) in [6.45, 7) is 3.34. The number of aromatic amines is 1. The Morgan fingerprint density at radius 1 is 1.22 bits per heavy atom. The largest absolute Gasteiger partial charge is 0.481 e. The Kier molecular flexibility index (Phi) is 6.52. The monoisotopic (exact) mass is 529 g/mol. The first-order chi connectivity index (χ1) is 17.1. The van der Waals surface area contributed by atoms with E-state index >= 15 is 0 Å². The summed E-state index contributed by atoms with van der Waals surface area (Å²) >= 11 is 7.44. The number of carbonyl (C=O) groups excluding carboxylic acids is 2. The van der Waals surface area contributed by atoms with Crippen LogP contribution in [-0.2, 0) is 17.8 Å². The fraction of sp³-hybridized carbons (Fsp3) is 0.440. The molecule has 3 atom stereocenters. The van der Waals surface area contributed by atoms with Crippen molar-refractivity contribution in [2.24, 2.45) is 5.41 Å². The van der Waals surface area contributed by atoms with Gasteiger partial charge in [0.05, 0.1) is 17.2 Å². The molecule has 36 heavy (non-hydrogen) atoms. The second-order valence-electron chi connectivity index (χ2n) is 10.1. The van der Waals surface area contributed by atoms with E-state index in [2.05, 4.69) is 25.5 Å². The van der Waals surface area contributed by atoms with Crippen molar-refractivity contribution in [3.63, 3.8) is 0 Å². The van der Waals surface area contributed by atoms with Gasteiger partial charge in [0.2, 0.25) is 0 Å². The first-order valence-corrected chi connectivity index (χ1v) is 13.1. The molecule has 0 radical (unpaired) electrons. The number of H-pyrrole nitrogens is 1. The molecule has 2 aromatic heterocycles. The molecule has 1 aliphatic heterocycles. The molecule has 1 fully saturated rings. The third-order valence-corrected chi connectivity index (χ3v) is 8.57. The number of hydrogen-bond acceptors (Lipinski definition) is 6. The number of likely N-dealkylation sites (N-methyl/N-ethyl adjacent to an activating group) is 1. The topological polar surface area (TPSA) is 127 Å². The fourth-order valence-corrected chi connectivity index (χ4v) is 6.32. The van der Waals surface area contributed by atoms with Crippen molar-refractivity contribution >= 4 is 51.6 Å². The van der Waals surface area contributed by atoms with Gasteiger partial charge in [-0.3, -0.25) is 14.4 Å². The van der Waals surface area contributed by atoms with E-state index in [4.69, 9.17) is 11.6 Å². The van der Waals surface area contributed by atoms with Crippen LogP contribution in [0.5, 0.6) is 0 Å². The quantitative estimate of drug-likeness (QED) is 0.401. The molecule has 0 unspecified atom stereocenters. The van der Waals surface area contributed by atoms with Gasteiger partial charge in [0.15, 0.2) is 5.01 Å². The summed E-state index contributed by atoms with van der Waals surface area (Å²) in [7, 11) is 2.03. The van der Waals surface area contributed by atoms with Crippen molar-refractivity contribution in [3.8, 4) is 0 Å². The zero-order valence-corrected chi connectivity index (χ0v) is 21.6. The number of carbonyl (C=O) groups is 3. The zero-order chi connectivity index (χ0) is 25.6. The summed E-state index contributed by atoms with van der Waals surface area (Å²) in [6.07, 6.45) is 1.81. The van der Waals surface area contributed by atoms with E-state index in [-0.39, 0.29) is 18.2 Å². The predicted octanol–water partition coefficient (Wildman–Crippen LogP) is 3.44. The average Bonchev–Trinajstić information content (AvgIpc) is 3.44. The Morgan fingerprint density at radius 2 is 2.00 bits per heavy atom. The lowest BCUT2D eigenvalue weighted by molar-refractivity contribution is -0.150. The third-order valence-electron chi connectivity index (χ3n) is 7.26. The van der Waals surface area contributed by atoms with Crippen LogP contribution in [0.25, 0.3) is 10.9 Å². The van der Waals surface area contributed by atoms with Crippen LogP contribution in [0, 0.1) is 5.41 Å². The Morgan fingerprint density at radius 3 is 2.78 bits per heavy atom. The van der Waals surface area contributed by atoms with Gasteiger partial charge in [-0.05, 0) is 57.5 Å². The minimum atomic E-state index is -0.998. The van der Waals surface area contributed by atoms with Crippen LogP contribution in [0.4, 0.5) is 0 Å². The lowest BCUT2D eigenvalue weighted by Gasteiger charge is -2.40. The highest BCUT2D eigenvalue weighted by Gasteiger charge is 2.44. The van der Waals surface area contributed by atoms with Crippen molar-refractivity contribution in [2.45, 2.75) is 51.2 Å². The van der Waals surface area contributed by atoms with Gasteiger partial charge in [-0.1, -0.05) is 11.6 Å². The molecule has 0 saturated heterocycles. The maximum Gasteiger partial charge on any atom is 0.309 e. The number of carboxylic acids is 1. The van der Waals surface area contributed by atoms with Crippen molar-refractivity contribution in [3.05, 3.63) is 50.6 Å². The molecule has 3 heterocycles. The van der Waals surface area contributed by atoms with Crippen LogP contribution >= 0.6 is 22.9 Å². The molecule has 1 aliphatic carbocycles. The van der Waals surface area contributed by atoms with E-state index < -0.39 is 23.5 Å². The Hall–Kier alpha value is -2.95. The van der Waals surface area contributed by atoms with Crippen LogP contribution in [0.15, 0.2) is 24.3 Å². The lowest BCUT2D eigenvalue weighted by atomic mass is 9.71. The van der Waals surface area contributed by atoms with Crippen molar-refractivity contribution < 1.29 is 19.5 Å². The van der Waals surface area contributed by atoms with Gasteiger partial charge in [-0.2, -0.15) is 0 Å². The number of nitrogens with zero attached hydrogens (tertiary/aromatic N) is 2. The standard InChI is InChI=1S/C25H28ClN5O4S/c1-25(24(34)35)7-5-16(28-21(32)18-10-13-9-14(26)3-4-15(13)27-18)19(11-25)29-22(33)23-30-17-6-8-31(2)12-20(17)36-23/h3-4,9-10,16,19,27H,5-8,11-12H2,1-2H3,(H,28,32)(H,29,33)(H,34,35)/t16-,19+,25+/m0/s1. The van der Waals surface area contributed by atoms with Crippen LogP contribution < -0.4 is 10.6 Å². The van der Waals surface area contributed by atoms with E-state index in [0.717, 1.165) is 41.0 Å². The van der Waals surface area contributed by atoms with E-state index in [1.807, 2.05) is 13.1 Å². The Bertz CT molecular complexity index is 1350. The van der Waals surface area contributed by atoms with Gasteiger partial charge in [0, 0.05) is 46.4 Å². The molecule has 0 bridgehead atoms. The van der Waals surface area contributed by atoms with Crippen molar-refractivity contribution in [2.75, 3.05) is 13.6 Å². The maximum absolute atomic E-state index is 13.2. The highest BCUT2D eigenvalue weighted by atomic mass is 35.5. The Balaban J connectivity index is 1.35. The average molecular weight is 530 g/mol. The van der Waals surface area contributed by atoms with Gasteiger partial charge >= 0.3 is 5.97 Å². The van der Waals surface area contributed by atoms with Crippen LogP contribution in [-0.4, -0.2) is 63.4 Å². The predicted molar refractivity (Wildman–Crippen MR) is 138 cm³/mol. The molecule has 2 amide bonds. The maximum atomic E-state index is 13.2. The molecule has 5 rings (SSSR count). The number of aliphatic carboxylic acids is 1. The molecule has 1 saturated carbocycles. The highest BCUT2D eigenvalue weighted by Crippen LogP contribution is 2.37. The Labute approximate surface area is 217 Å². The normalized spacial score (nSPS) is 24.3. The van der Waals surface area contributed by atoms with E-state index in [1.165, 1.54) is 11.3 Å². The van der Waals surface area contributed by atoms with Gasteiger partial charge in [0.1, 0.15) is 5.69 Å². The molecule has 0 spiro atoms. The SMILES string of the molecule is CN1CCc2nc(C(=O)N[C@@H]3C[C@](C)(C(=O)O)CC[C@@H]3NC(=O)c3cc4cc(Cl)ccc4[nH]3)sc2C1. The minimum Gasteiger partial charge on any atom is -0.481 e. The van der Waals surface area contributed by atoms with Gasteiger partial charge in [-0.25, -0.2) is 4.98 Å².